The molecule has 1 aliphatic heterocycles. The molecule has 2 aromatic heterocycles. The normalized spacial score (nSPS) is 16.4. The van der Waals surface area contributed by atoms with Gasteiger partial charge < -0.3 is 5.32 Å². The predicted octanol–water partition coefficient (Wildman–Crippen LogP) is 2.48. The summed E-state index contributed by atoms with van der Waals surface area (Å²) in [5.41, 5.74) is 4.05. The fraction of sp³-hybridized carbons (Fsp3) is 0.500. The van der Waals surface area contributed by atoms with E-state index in [9.17, 15) is 4.79 Å². The molecule has 3 heterocycles. The molecule has 1 amide bonds. The third-order valence-electron chi connectivity index (χ3n) is 4.52. The van der Waals surface area contributed by atoms with E-state index in [1.54, 1.807) is 4.68 Å². The Bertz CT molecular complexity index is 703. The third-order valence-corrected chi connectivity index (χ3v) is 5.54. The van der Waals surface area contributed by atoms with Crippen LogP contribution in [0.25, 0.3) is 0 Å². The zero-order chi connectivity index (χ0) is 15.9. The summed E-state index contributed by atoms with van der Waals surface area (Å²) in [5.74, 6) is 0.0397. The van der Waals surface area contributed by atoms with E-state index < -0.39 is 0 Å². The summed E-state index contributed by atoms with van der Waals surface area (Å²) < 4.78 is 1.80. The number of rotatable bonds is 3. The summed E-state index contributed by atoms with van der Waals surface area (Å²) in [4.78, 5) is 16.3. The Morgan fingerprint density at radius 1 is 1.45 bits per heavy atom. The van der Waals surface area contributed by atoms with Gasteiger partial charge in [-0.1, -0.05) is 0 Å². The number of aryl methyl sites for hydroxylation is 2. The van der Waals surface area contributed by atoms with Gasteiger partial charge in [-0.3, -0.25) is 14.4 Å². The lowest BCUT2D eigenvalue weighted by Gasteiger charge is -2.31. The summed E-state index contributed by atoms with van der Waals surface area (Å²) in [6.07, 6.45) is 1.04. The molecule has 0 bridgehead atoms. The Labute approximate surface area is 134 Å². The topological polar surface area (TPSA) is 50.2 Å². The largest absolute Gasteiger partial charge is 0.322 e. The molecule has 0 aliphatic carbocycles. The maximum atomic E-state index is 12.6. The highest BCUT2D eigenvalue weighted by Gasteiger charge is 2.26. The van der Waals surface area contributed by atoms with Crippen molar-refractivity contribution in [3.63, 3.8) is 0 Å². The summed E-state index contributed by atoms with van der Waals surface area (Å²) >= 11 is 1.82. The van der Waals surface area contributed by atoms with Gasteiger partial charge in [-0.15, -0.1) is 11.3 Å². The number of amides is 1. The molecule has 0 radical (unpaired) electrons. The van der Waals surface area contributed by atoms with Gasteiger partial charge in [0.15, 0.2) is 0 Å². The molecule has 0 fully saturated rings. The number of thiophene rings is 1. The monoisotopic (exact) mass is 318 g/mol. The number of hydrogen-bond donors (Lipinski definition) is 1. The molecule has 6 heteroatoms. The van der Waals surface area contributed by atoms with Gasteiger partial charge in [0, 0.05) is 25.0 Å². The van der Waals surface area contributed by atoms with E-state index in [-0.39, 0.29) is 11.9 Å². The maximum absolute atomic E-state index is 12.6. The lowest BCUT2D eigenvalue weighted by molar-refractivity contribution is -0.121. The first kappa shape index (κ1) is 15.2. The molecule has 0 saturated heterocycles. The second-order valence-corrected chi connectivity index (χ2v) is 6.92. The highest BCUT2D eigenvalue weighted by Crippen LogP contribution is 2.26. The van der Waals surface area contributed by atoms with E-state index in [1.807, 2.05) is 39.2 Å². The molecule has 22 heavy (non-hydrogen) atoms. The average molecular weight is 318 g/mol. The van der Waals surface area contributed by atoms with E-state index >= 15 is 0 Å². The van der Waals surface area contributed by atoms with Crippen molar-refractivity contribution >= 4 is 22.9 Å². The van der Waals surface area contributed by atoms with Crippen molar-refractivity contribution in [3.8, 4) is 0 Å². The highest BCUT2D eigenvalue weighted by molar-refractivity contribution is 7.10. The standard InChI is InChI=1S/C16H22N4OS/c1-10-15(11(2)19(4)18-10)17-16(21)12(3)20-7-5-14-13(9-20)6-8-22-14/h6,8,12H,5,7,9H2,1-4H3,(H,17,21)/t12-/m1/s1. The fourth-order valence-electron chi connectivity index (χ4n) is 2.95. The molecule has 2 aromatic rings. The number of nitrogens with one attached hydrogen (secondary N) is 1. The molecular formula is C16H22N4OS. The van der Waals surface area contributed by atoms with Crippen LogP contribution in [0.5, 0.6) is 0 Å². The number of anilines is 1. The number of carbonyl (C=O) groups is 1. The number of aromatic nitrogens is 2. The van der Waals surface area contributed by atoms with Gasteiger partial charge >= 0.3 is 0 Å². The van der Waals surface area contributed by atoms with Crippen LogP contribution in [0.2, 0.25) is 0 Å². The third kappa shape index (κ3) is 2.68. The van der Waals surface area contributed by atoms with Crippen LogP contribution in [0.15, 0.2) is 11.4 Å². The Kier molecular flexibility index (Phi) is 4.06. The van der Waals surface area contributed by atoms with Crippen molar-refractivity contribution in [1.29, 1.82) is 0 Å². The van der Waals surface area contributed by atoms with Crippen LogP contribution in [0.3, 0.4) is 0 Å². The highest BCUT2D eigenvalue weighted by atomic mass is 32.1. The van der Waals surface area contributed by atoms with Crippen molar-refractivity contribution in [2.24, 2.45) is 7.05 Å². The Balaban J connectivity index is 1.70. The zero-order valence-corrected chi connectivity index (χ0v) is 14.3. The van der Waals surface area contributed by atoms with Gasteiger partial charge in [0.25, 0.3) is 0 Å². The smallest absolute Gasteiger partial charge is 0.241 e. The summed E-state index contributed by atoms with van der Waals surface area (Å²) in [7, 11) is 1.89. The molecule has 1 aliphatic rings. The lowest BCUT2D eigenvalue weighted by atomic mass is 10.1. The SMILES string of the molecule is Cc1nn(C)c(C)c1NC(=O)[C@@H](C)N1CCc2sccc2C1. The van der Waals surface area contributed by atoms with Crippen LogP contribution in [0.4, 0.5) is 5.69 Å². The summed E-state index contributed by atoms with van der Waals surface area (Å²) in [6, 6.07) is 2.03. The van der Waals surface area contributed by atoms with Gasteiger partial charge in [0.1, 0.15) is 0 Å². The molecule has 118 valence electrons. The Hall–Kier alpha value is -1.66. The molecule has 5 nitrogen and oxygen atoms in total. The van der Waals surface area contributed by atoms with Gasteiger partial charge in [-0.2, -0.15) is 5.10 Å². The van der Waals surface area contributed by atoms with Gasteiger partial charge in [-0.05, 0) is 44.2 Å². The minimum absolute atomic E-state index is 0.0397. The molecule has 0 unspecified atom stereocenters. The molecular weight excluding hydrogens is 296 g/mol. The van der Waals surface area contributed by atoms with E-state index in [2.05, 4.69) is 26.8 Å². The number of fused-ring (bicyclic) bond motifs is 1. The van der Waals surface area contributed by atoms with Crippen molar-refractivity contribution in [2.75, 3.05) is 11.9 Å². The molecule has 0 saturated carbocycles. The summed E-state index contributed by atoms with van der Waals surface area (Å²) in [6.45, 7) is 7.67. The van der Waals surface area contributed by atoms with Crippen LogP contribution in [-0.2, 0) is 24.8 Å². The van der Waals surface area contributed by atoms with E-state index in [0.717, 1.165) is 36.6 Å². The van der Waals surface area contributed by atoms with Crippen LogP contribution < -0.4 is 5.32 Å². The molecule has 0 spiro atoms. The second kappa shape index (κ2) is 5.85. The van der Waals surface area contributed by atoms with Crippen LogP contribution in [-0.4, -0.2) is 33.2 Å². The predicted molar refractivity (Wildman–Crippen MR) is 89.2 cm³/mol. The van der Waals surface area contributed by atoms with Crippen molar-refractivity contribution < 1.29 is 4.79 Å². The van der Waals surface area contributed by atoms with Gasteiger partial charge in [0.05, 0.1) is 23.1 Å². The van der Waals surface area contributed by atoms with Crippen LogP contribution in [0.1, 0.15) is 28.8 Å². The van der Waals surface area contributed by atoms with Gasteiger partial charge in [-0.25, -0.2) is 0 Å². The van der Waals surface area contributed by atoms with Crippen molar-refractivity contribution in [3.05, 3.63) is 33.3 Å². The molecule has 0 aromatic carbocycles. The van der Waals surface area contributed by atoms with E-state index in [4.69, 9.17) is 0 Å². The minimum Gasteiger partial charge on any atom is -0.322 e. The molecule has 1 atom stereocenters. The lowest BCUT2D eigenvalue weighted by Crippen LogP contribution is -2.44. The molecule has 1 N–H and O–H groups in total. The quantitative estimate of drug-likeness (QED) is 0.946. The van der Waals surface area contributed by atoms with Crippen LogP contribution in [0, 0.1) is 13.8 Å². The number of carbonyl (C=O) groups excluding carboxylic acids is 1. The van der Waals surface area contributed by atoms with Crippen molar-refractivity contribution in [2.45, 2.75) is 39.8 Å². The van der Waals surface area contributed by atoms with E-state index in [0.29, 0.717) is 0 Å². The second-order valence-electron chi connectivity index (χ2n) is 5.92. The Morgan fingerprint density at radius 2 is 2.23 bits per heavy atom. The van der Waals surface area contributed by atoms with E-state index in [1.165, 1.54) is 10.4 Å². The average Bonchev–Trinajstić information content (AvgIpc) is 3.05. The first-order valence-electron chi connectivity index (χ1n) is 7.57. The van der Waals surface area contributed by atoms with Crippen molar-refractivity contribution in [1.82, 2.24) is 14.7 Å². The van der Waals surface area contributed by atoms with Gasteiger partial charge in [0.2, 0.25) is 5.91 Å². The number of hydrogen-bond acceptors (Lipinski definition) is 4. The maximum Gasteiger partial charge on any atom is 0.241 e. The number of nitrogens with zero attached hydrogens (tertiary/aromatic N) is 3. The first-order valence-corrected chi connectivity index (χ1v) is 8.45. The first-order chi connectivity index (χ1) is 10.5. The Morgan fingerprint density at radius 3 is 2.91 bits per heavy atom. The minimum atomic E-state index is -0.146. The fourth-order valence-corrected chi connectivity index (χ4v) is 3.84. The summed E-state index contributed by atoms with van der Waals surface area (Å²) in [5, 5.41) is 9.54. The van der Waals surface area contributed by atoms with Crippen LogP contribution >= 0.6 is 11.3 Å². The molecule has 3 rings (SSSR count). The zero-order valence-electron chi connectivity index (χ0n) is 13.5.